The summed E-state index contributed by atoms with van der Waals surface area (Å²) in [5.41, 5.74) is 2.82. The molecule has 0 aliphatic carbocycles. The molecule has 0 aromatic carbocycles. The molecule has 0 N–H and O–H groups in total. The van der Waals surface area contributed by atoms with Gasteiger partial charge in [0.2, 0.25) is 0 Å². The zero-order chi connectivity index (χ0) is 12.5. The number of rotatable bonds is 9. The molecule has 0 unspecified atom stereocenters. The van der Waals surface area contributed by atoms with E-state index in [1.54, 1.807) is 0 Å². The van der Waals surface area contributed by atoms with Crippen LogP contribution in [0.25, 0.3) is 0 Å². The van der Waals surface area contributed by atoms with E-state index in [-0.39, 0.29) is 0 Å². The predicted molar refractivity (Wildman–Crippen MR) is 76.5 cm³/mol. The van der Waals surface area contributed by atoms with Crippen LogP contribution in [0.4, 0.5) is 0 Å². The maximum absolute atomic E-state index is 2.44. The maximum atomic E-state index is 2.44. The summed E-state index contributed by atoms with van der Waals surface area (Å²) in [5.74, 6) is 0. The van der Waals surface area contributed by atoms with Crippen molar-refractivity contribution in [3.8, 4) is 0 Å². The van der Waals surface area contributed by atoms with Crippen LogP contribution in [0.3, 0.4) is 0 Å². The number of unbranched alkanes of at least 4 members (excludes halogenated alkanes) is 7. The zero-order valence-corrected chi connectivity index (χ0v) is 12.0. The molecular weight excluding hydrogens is 206 g/mol. The van der Waals surface area contributed by atoms with Gasteiger partial charge in [0.1, 0.15) is 0 Å². The third kappa shape index (κ3) is 5.43. The Kier molecular flexibility index (Phi) is 7.07. The van der Waals surface area contributed by atoms with Crippen molar-refractivity contribution in [2.75, 3.05) is 0 Å². The van der Waals surface area contributed by atoms with Crippen LogP contribution in [0.2, 0.25) is 0 Å². The Hall–Kier alpha value is -0.720. The minimum atomic E-state index is 1.21. The molecule has 98 valence electrons. The Morgan fingerprint density at radius 3 is 1.76 bits per heavy atom. The highest BCUT2D eigenvalue weighted by Gasteiger charge is 1.99. The molecule has 1 heterocycles. The molecule has 1 aromatic rings. The van der Waals surface area contributed by atoms with Gasteiger partial charge in [-0.05, 0) is 32.4 Å². The van der Waals surface area contributed by atoms with Crippen LogP contribution >= 0.6 is 0 Å². The molecule has 0 bridgehead atoms. The highest BCUT2D eigenvalue weighted by atomic mass is 15.0. The molecule has 0 saturated heterocycles. The lowest BCUT2D eigenvalue weighted by Gasteiger charge is -2.08. The van der Waals surface area contributed by atoms with Crippen molar-refractivity contribution in [3.63, 3.8) is 0 Å². The van der Waals surface area contributed by atoms with Gasteiger partial charge in [-0.25, -0.2) is 0 Å². The van der Waals surface area contributed by atoms with Crippen molar-refractivity contribution in [1.29, 1.82) is 0 Å². The molecule has 0 fully saturated rings. The van der Waals surface area contributed by atoms with Gasteiger partial charge < -0.3 is 4.57 Å². The van der Waals surface area contributed by atoms with Gasteiger partial charge in [-0.3, -0.25) is 0 Å². The van der Waals surface area contributed by atoms with Gasteiger partial charge in [-0.2, -0.15) is 0 Å². The Morgan fingerprint density at radius 1 is 0.765 bits per heavy atom. The van der Waals surface area contributed by atoms with Crippen LogP contribution in [0.1, 0.15) is 69.7 Å². The van der Waals surface area contributed by atoms with Crippen LogP contribution in [-0.2, 0) is 6.54 Å². The molecule has 1 nitrogen and oxygen atoms in total. The summed E-state index contributed by atoms with van der Waals surface area (Å²) in [7, 11) is 0. The molecule has 0 spiro atoms. The fraction of sp³-hybridized carbons (Fsp3) is 0.750. The van der Waals surface area contributed by atoms with Crippen LogP contribution in [-0.4, -0.2) is 4.57 Å². The topological polar surface area (TPSA) is 4.93 Å². The van der Waals surface area contributed by atoms with E-state index in [2.05, 4.69) is 37.5 Å². The van der Waals surface area contributed by atoms with E-state index in [4.69, 9.17) is 0 Å². The number of nitrogens with zero attached hydrogens (tertiary/aromatic N) is 1. The molecule has 0 atom stereocenters. The molecule has 0 aliphatic rings. The third-order valence-electron chi connectivity index (χ3n) is 3.65. The van der Waals surface area contributed by atoms with Crippen molar-refractivity contribution < 1.29 is 0 Å². The number of hydrogen-bond donors (Lipinski definition) is 0. The minimum Gasteiger partial charge on any atom is -0.349 e. The van der Waals surface area contributed by atoms with Gasteiger partial charge in [0, 0.05) is 17.9 Å². The maximum Gasteiger partial charge on any atom is 0.0224 e. The van der Waals surface area contributed by atoms with Gasteiger partial charge in [-0.15, -0.1) is 0 Å². The molecule has 1 rings (SSSR count). The lowest BCUT2D eigenvalue weighted by atomic mass is 10.1. The average molecular weight is 235 g/mol. The predicted octanol–water partition coefficient (Wildman–Crippen LogP) is 5.25. The SMILES string of the molecule is CCCCCCCCCCn1c(C)ccc1C. The molecule has 1 heteroatoms. The minimum absolute atomic E-state index is 1.21. The first-order valence-corrected chi connectivity index (χ1v) is 7.38. The summed E-state index contributed by atoms with van der Waals surface area (Å²) in [4.78, 5) is 0. The van der Waals surface area contributed by atoms with E-state index in [1.165, 1.54) is 69.3 Å². The van der Waals surface area contributed by atoms with Crippen LogP contribution in [0, 0.1) is 13.8 Å². The molecule has 0 amide bonds. The third-order valence-corrected chi connectivity index (χ3v) is 3.65. The second-order valence-corrected chi connectivity index (χ2v) is 5.24. The monoisotopic (exact) mass is 235 g/mol. The van der Waals surface area contributed by atoms with Gasteiger partial charge >= 0.3 is 0 Å². The van der Waals surface area contributed by atoms with E-state index in [0.717, 1.165) is 0 Å². The van der Waals surface area contributed by atoms with Crippen molar-refractivity contribution in [2.24, 2.45) is 0 Å². The van der Waals surface area contributed by atoms with Crippen LogP contribution < -0.4 is 0 Å². The van der Waals surface area contributed by atoms with Gasteiger partial charge in [0.25, 0.3) is 0 Å². The van der Waals surface area contributed by atoms with Crippen molar-refractivity contribution >= 4 is 0 Å². The Balaban J connectivity index is 2.01. The molecule has 0 radical (unpaired) electrons. The molecule has 0 aliphatic heterocycles. The Bertz CT molecular complexity index is 279. The lowest BCUT2D eigenvalue weighted by molar-refractivity contribution is 0.536. The van der Waals surface area contributed by atoms with Crippen molar-refractivity contribution in [3.05, 3.63) is 23.5 Å². The van der Waals surface area contributed by atoms with E-state index < -0.39 is 0 Å². The number of hydrogen-bond acceptors (Lipinski definition) is 0. The standard InChI is InChI=1S/C16H29N/c1-4-5-6-7-8-9-10-11-14-17-15(2)12-13-16(17)3/h12-13H,4-11,14H2,1-3H3. The summed E-state index contributed by atoms with van der Waals surface area (Å²) < 4.78 is 2.44. The number of aromatic nitrogens is 1. The Labute approximate surface area is 107 Å². The van der Waals surface area contributed by atoms with E-state index in [9.17, 15) is 0 Å². The lowest BCUT2D eigenvalue weighted by Crippen LogP contribution is -2.01. The molecule has 17 heavy (non-hydrogen) atoms. The van der Waals surface area contributed by atoms with Crippen molar-refractivity contribution in [2.45, 2.75) is 78.7 Å². The van der Waals surface area contributed by atoms with Gasteiger partial charge in [0.05, 0.1) is 0 Å². The summed E-state index contributed by atoms with van der Waals surface area (Å²) in [6, 6.07) is 4.44. The average Bonchev–Trinajstić information content (AvgIpc) is 2.63. The molecule has 0 saturated carbocycles. The fourth-order valence-electron chi connectivity index (χ4n) is 2.46. The first-order valence-electron chi connectivity index (χ1n) is 7.38. The highest BCUT2D eigenvalue weighted by molar-refractivity contribution is 5.13. The first kappa shape index (κ1) is 14.3. The smallest absolute Gasteiger partial charge is 0.0224 e. The summed E-state index contributed by atoms with van der Waals surface area (Å²) in [6.45, 7) is 7.90. The second kappa shape index (κ2) is 8.38. The van der Waals surface area contributed by atoms with E-state index in [0.29, 0.717) is 0 Å². The van der Waals surface area contributed by atoms with E-state index >= 15 is 0 Å². The molecule has 1 aromatic heterocycles. The summed E-state index contributed by atoms with van der Waals surface area (Å²) in [6.07, 6.45) is 11.2. The van der Waals surface area contributed by atoms with Crippen LogP contribution in [0.5, 0.6) is 0 Å². The first-order chi connectivity index (χ1) is 8.25. The summed E-state index contributed by atoms with van der Waals surface area (Å²) >= 11 is 0. The van der Waals surface area contributed by atoms with Gasteiger partial charge in [-0.1, -0.05) is 51.9 Å². The second-order valence-electron chi connectivity index (χ2n) is 5.24. The highest BCUT2D eigenvalue weighted by Crippen LogP contribution is 2.12. The normalized spacial score (nSPS) is 11.0. The Morgan fingerprint density at radius 2 is 1.24 bits per heavy atom. The zero-order valence-electron chi connectivity index (χ0n) is 12.0. The van der Waals surface area contributed by atoms with Crippen molar-refractivity contribution in [1.82, 2.24) is 4.57 Å². The van der Waals surface area contributed by atoms with Gasteiger partial charge in [0.15, 0.2) is 0 Å². The fourth-order valence-corrected chi connectivity index (χ4v) is 2.46. The van der Waals surface area contributed by atoms with Crippen LogP contribution in [0.15, 0.2) is 12.1 Å². The quantitative estimate of drug-likeness (QED) is 0.515. The molecular formula is C16H29N. The van der Waals surface area contributed by atoms with E-state index in [1.807, 2.05) is 0 Å². The largest absolute Gasteiger partial charge is 0.349 e. The summed E-state index contributed by atoms with van der Waals surface area (Å²) in [5, 5.41) is 0. The number of aryl methyl sites for hydroxylation is 2.